The maximum absolute atomic E-state index is 13.0. The lowest BCUT2D eigenvalue weighted by Gasteiger charge is -2.41. The van der Waals surface area contributed by atoms with E-state index >= 15 is 0 Å². The molecule has 2 aliphatic rings. The van der Waals surface area contributed by atoms with Gasteiger partial charge in [0.2, 0.25) is 5.91 Å². The number of nitriles is 1. The number of nitrogens with zero attached hydrogens (tertiary/aromatic N) is 3. The number of benzene rings is 3. The van der Waals surface area contributed by atoms with Crippen molar-refractivity contribution < 1.29 is 9.59 Å². The molecule has 2 N–H and O–H groups in total. The van der Waals surface area contributed by atoms with Crippen molar-refractivity contribution in [3.8, 4) is 6.07 Å². The molecular weight excluding hydrogens is 474 g/mol. The molecule has 0 bridgehead atoms. The number of carbonyl (C=O) groups is 2. The van der Waals surface area contributed by atoms with E-state index in [1.54, 1.807) is 6.07 Å². The van der Waals surface area contributed by atoms with Gasteiger partial charge in [0, 0.05) is 49.0 Å². The Bertz CT molecular complexity index is 1380. The van der Waals surface area contributed by atoms with E-state index in [1.165, 1.54) is 0 Å². The van der Waals surface area contributed by atoms with Crippen molar-refractivity contribution in [2.24, 2.45) is 5.92 Å². The number of fused-ring (bicyclic) bond motifs is 2. The van der Waals surface area contributed by atoms with Gasteiger partial charge in [-0.1, -0.05) is 50.2 Å². The molecule has 0 spiro atoms. The van der Waals surface area contributed by atoms with Gasteiger partial charge in [0.1, 0.15) is 6.07 Å². The first-order chi connectivity index (χ1) is 18.5. The number of hydrogen-bond acceptors (Lipinski definition) is 5. The first-order valence-electron chi connectivity index (χ1n) is 13.4. The van der Waals surface area contributed by atoms with Crippen molar-refractivity contribution in [2.45, 2.75) is 32.7 Å². The molecule has 7 nitrogen and oxygen atoms in total. The Labute approximate surface area is 224 Å². The fourth-order valence-corrected chi connectivity index (χ4v) is 5.65. The van der Waals surface area contributed by atoms with E-state index in [1.807, 2.05) is 62.4 Å². The zero-order valence-electron chi connectivity index (χ0n) is 21.9. The molecule has 2 amide bonds. The molecule has 0 aliphatic carbocycles. The molecule has 7 heteroatoms. The van der Waals surface area contributed by atoms with Gasteiger partial charge in [0.15, 0.2) is 0 Å². The first-order valence-corrected chi connectivity index (χ1v) is 13.4. The minimum Gasteiger partial charge on any atom is -0.368 e. The maximum atomic E-state index is 13.0. The third kappa shape index (κ3) is 4.88. The van der Waals surface area contributed by atoms with Gasteiger partial charge in [-0.05, 0) is 54.3 Å². The van der Waals surface area contributed by atoms with Crippen LogP contribution in [0.15, 0.2) is 66.7 Å². The normalized spacial score (nSPS) is 17.2. The van der Waals surface area contributed by atoms with Gasteiger partial charge in [-0.3, -0.25) is 14.5 Å². The fraction of sp³-hybridized carbons (Fsp3) is 0.323. The summed E-state index contributed by atoms with van der Waals surface area (Å²) in [4.78, 5) is 30.2. The smallest absolute Gasteiger partial charge is 0.256 e. The summed E-state index contributed by atoms with van der Waals surface area (Å²) < 4.78 is 0. The number of rotatable bonds is 6. The monoisotopic (exact) mass is 507 g/mol. The van der Waals surface area contributed by atoms with Crippen LogP contribution < -0.4 is 15.5 Å². The van der Waals surface area contributed by atoms with Crippen LogP contribution in [0, 0.1) is 17.2 Å². The largest absolute Gasteiger partial charge is 0.368 e. The van der Waals surface area contributed by atoms with Gasteiger partial charge in [-0.25, -0.2) is 0 Å². The molecule has 2 aliphatic heterocycles. The predicted molar refractivity (Wildman–Crippen MR) is 150 cm³/mol. The summed E-state index contributed by atoms with van der Waals surface area (Å²) in [5.41, 5.74) is 5.75. The highest BCUT2D eigenvalue weighted by molar-refractivity contribution is 6.07. The van der Waals surface area contributed by atoms with Crippen molar-refractivity contribution in [1.82, 2.24) is 4.90 Å². The van der Waals surface area contributed by atoms with Crippen molar-refractivity contribution in [3.63, 3.8) is 0 Å². The number of nitrogens with one attached hydrogen (secondary N) is 2. The summed E-state index contributed by atoms with van der Waals surface area (Å²) in [6.45, 7) is 7.07. The van der Waals surface area contributed by atoms with E-state index < -0.39 is 0 Å². The topological polar surface area (TPSA) is 88.5 Å². The summed E-state index contributed by atoms with van der Waals surface area (Å²) in [5, 5.41) is 16.0. The average molecular weight is 508 g/mol. The number of piperazine rings is 1. The number of carbonyl (C=O) groups excluding carboxylic acids is 2. The van der Waals surface area contributed by atoms with Crippen LogP contribution in [0.3, 0.4) is 0 Å². The van der Waals surface area contributed by atoms with Crippen LogP contribution in [-0.4, -0.2) is 42.9 Å². The van der Waals surface area contributed by atoms with Gasteiger partial charge in [0.25, 0.3) is 5.91 Å². The lowest BCUT2D eigenvalue weighted by atomic mass is 9.93. The Morgan fingerprint density at radius 1 is 1.00 bits per heavy atom. The van der Waals surface area contributed by atoms with Gasteiger partial charge < -0.3 is 15.5 Å². The quantitative estimate of drug-likeness (QED) is 0.466. The van der Waals surface area contributed by atoms with Crippen molar-refractivity contribution in [3.05, 3.63) is 89.0 Å². The molecule has 1 atom stereocenters. The summed E-state index contributed by atoms with van der Waals surface area (Å²) in [6, 6.07) is 23.8. The second-order valence-corrected chi connectivity index (χ2v) is 9.90. The molecule has 0 aromatic heterocycles. The van der Waals surface area contributed by atoms with Crippen LogP contribution in [0.2, 0.25) is 0 Å². The van der Waals surface area contributed by atoms with Crippen LogP contribution in [0.1, 0.15) is 59.8 Å². The highest BCUT2D eigenvalue weighted by Gasteiger charge is 2.33. The van der Waals surface area contributed by atoms with E-state index in [0.29, 0.717) is 16.8 Å². The molecule has 1 saturated heterocycles. The highest BCUT2D eigenvalue weighted by Crippen LogP contribution is 2.39. The van der Waals surface area contributed by atoms with E-state index in [4.69, 9.17) is 0 Å². The molecule has 5 rings (SSSR count). The molecule has 194 valence electrons. The van der Waals surface area contributed by atoms with Gasteiger partial charge in [0.05, 0.1) is 17.3 Å². The van der Waals surface area contributed by atoms with E-state index in [0.717, 1.165) is 61.5 Å². The predicted octanol–water partition coefficient (Wildman–Crippen LogP) is 5.41. The third-order valence-corrected chi connectivity index (χ3v) is 7.76. The summed E-state index contributed by atoms with van der Waals surface area (Å²) >= 11 is 0. The Morgan fingerprint density at radius 3 is 2.39 bits per heavy atom. The second-order valence-electron chi connectivity index (χ2n) is 9.90. The molecule has 0 radical (unpaired) electrons. The van der Waals surface area contributed by atoms with Crippen LogP contribution in [0.5, 0.6) is 0 Å². The fourth-order valence-electron chi connectivity index (χ4n) is 5.65. The van der Waals surface area contributed by atoms with Gasteiger partial charge in [-0.15, -0.1) is 0 Å². The van der Waals surface area contributed by atoms with Crippen LogP contribution in [0.4, 0.5) is 17.1 Å². The zero-order valence-corrected chi connectivity index (χ0v) is 21.9. The summed E-state index contributed by atoms with van der Waals surface area (Å²) in [7, 11) is 0. The summed E-state index contributed by atoms with van der Waals surface area (Å²) in [5.74, 6) is -0.112. The van der Waals surface area contributed by atoms with Crippen molar-refractivity contribution in [2.75, 3.05) is 41.7 Å². The SMILES string of the molecule is CCC(CC)C(=O)Nc1ccc(N2CCN(C3c4ccccc4NC(=O)c4ccccc43)CC2)c(C#N)c1. The van der Waals surface area contributed by atoms with E-state index in [9.17, 15) is 14.9 Å². The standard InChI is InChI=1S/C31H33N5O2/c1-3-21(4-2)30(37)33-23-13-14-28(22(19-23)20-32)35-15-17-36(18-16-35)29-24-9-5-6-10-25(24)31(38)34-27-12-8-7-11-26(27)29/h5-14,19,21,29H,3-4,15-18H2,1-2H3,(H,33,37)(H,34,38). The minimum absolute atomic E-state index is 0.00260. The van der Waals surface area contributed by atoms with Gasteiger partial charge >= 0.3 is 0 Å². The van der Waals surface area contributed by atoms with E-state index in [2.05, 4.69) is 38.6 Å². The minimum atomic E-state index is -0.0794. The lowest BCUT2D eigenvalue weighted by molar-refractivity contribution is -0.120. The summed E-state index contributed by atoms with van der Waals surface area (Å²) in [6.07, 6.45) is 1.58. The lowest BCUT2D eigenvalue weighted by Crippen LogP contribution is -2.48. The van der Waals surface area contributed by atoms with Gasteiger partial charge in [-0.2, -0.15) is 5.26 Å². The molecule has 38 heavy (non-hydrogen) atoms. The van der Waals surface area contributed by atoms with Crippen LogP contribution in [0.25, 0.3) is 0 Å². The Kier molecular flexibility index (Phi) is 7.43. The maximum Gasteiger partial charge on any atom is 0.256 e. The van der Waals surface area contributed by atoms with Crippen LogP contribution >= 0.6 is 0 Å². The number of hydrogen-bond donors (Lipinski definition) is 2. The van der Waals surface area contributed by atoms with Crippen molar-refractivity contribution >= 4 is 28.9 Å². The Hall–Kier alpha value is -4.15. The van der Waals surface area contributed by atoms with E-state index in [-0.39, 0.29) is 23.8 Å². The first kappa shape index (κ1) is 25.5. The second kappa shape index (κ2) is 11.1. The molecule has 2 heterocycles. The Balaban J connectivity index is 1.36. The van der Waals surface area contributed by atoms with Crippen LogP contribution in [-0.2, 0) is 4.79 Å². The molecule has 3 aromatic carbocycles. The average Bonchev–Trinajstić information content (AvgIpc) is 3.07. The number of anilines is 3. The highest BCUT2D eigenvalue weighted by atomic mass is 16.2. The zero-order chi connectivity index (χ0) is 26.6. The molecule has 0 saturated carbocycles. The molecule has 1 unspecified atom stereocenters. The number of para-hydroxylation sites is 1. The molecular formula is C31H33N5O2. The molecule has 1 fully saturated rings. The third-order valence-electron chi connectivity index (χ3n) is 7.76. The molecule has 3 aromatic rings. The van der Waals surface area contributed by atoms with Crippen molar-refractivity contribution in [1.29, 1.82) is 5.26 Å². The Morgan fingerprint density at radius 2 is 1.68 bits per heavy atom. The number of amides is 2.